The van der Waals surface area contributed by atoms with E-state index in [2.05, 4.69) is 32.7 Å². The van der Waals surface area contributed by atoms with Gasteiger partial charge in [0.05, 0.1) is 12.7 Å². The largest absolute Gasteiger partial charge is 0.379 e. The quantitative estimate of drug-likeness (QED) is 0.372. The van der Waals surface area contributed by atoms with Crippen LogP contribution >= 0.6 is 0 Å². The zero-order valence-electron chi connectivity index (χ0n) is 16.1. The number of fused-ring (bicyclic) bond motifs is 1. The first-order chi connectivity index (χ1) is 13.4. The van der Waals surface area contributed by atoms with Gasteiger partial charge >= 0.3 is 0 Å². The molecule has 0 spiro atoms. The fraction of sp³-hybridized carbons (Fsp3) is 0.632. The highest BCUT2D eigenvalue weighted by atomic mass is 16.5. The number of guanidine groups is 1. The van der Waals surface area contributed by atoms with E-state index in [0.717, 1.165) is 69.4 Å². The molecule has 2 aromatic rings. The molecule has 1 atom stereocenters. The summed E-state index contributed by atoms with van der Waals surface area (Å²) in [6.07, 6.45) is 6.23. The second-order valence-electron chi connectivity index (χ2n) is 6.55. The highest BCUT2D eigenvalue weighted by molar-refractivity contribution is 5.79. The standard InChI is InChI=1S/C19H30N6O2/c1-2-20-19(21-10-6-13-26-15-16-7-5-14-27-16)22-11-9-18-24-23-17-8-3-4-12-25(17)18/h3-4,8,12,16H,2,5-7,9-11,13-15H2,1H3,(H2,20,21,22). The van der Waals surface area contributed by atoms with Crippen molar-refractivity contribution in [3.05, 3.63) is 30.2 Å². The van der Waals surface area contributed by atoms with Gasteiger partial charge in [0.2, 0.25) is 0 Å². The van der Waals surface area contributed by atoms with Crippen LogP contribution in [0.4, 0.5) is 0 Å². The third-order valence-corrected chi connectivity index (χ3v) is 4.41. The van der Waals surface area contributed by atoms with E-state index in [4.69, 9.17) is 9.47 Å². The number of aromatic nitrogens is 3. The Hall–Kier alpha value is -2.19. The van der Waals surface area contributed by atoms with E-state index < -0.39 is 0 Å². The summed E-state index contributed by atoms with van der Waals surface area (Å²) in [5, 5.41) is 15.1. The molecule has 0 saturated carbocycles. The van der Waals surface area contributed by atoms with Crippen molar-refractivity contribution in [1.82, 2.24) is 25.2 Å². The van der Waals surface area contributed by atoms with Crippen LogP contribution in [-0.2, 0) is 15.9 Å². The number of nitrogens with one attached hydrogen (secondary N) is 2. The maximum atomic E-state index is 5.68. The van der Waals surface area contributed by atoms with Gasteiger partial charge in [-0.1, -0.05) is 6.07 Å². The highest BCUT2D eigenvalue weighted by Gasteiger charge is 2.14. The Morgan fingerprint density at radius 2 is 2.33 bits per heavy atom. The summed E-state index contributed by atoms with van der Waals surface area (Å²) >= 11 is 0. The molecule has 1 aliphatic heterocycles. The lowest BCUT2D eigenvalue weighted by Gasteiger charge is -2.11. The molecule has 8 nitrogen and oxygen atoms in total. The van der Waals surface area contributed by atoms with E-state index in [1.54, 1.807) is 0 Å². The topological polar surface area (TPSA) is 85.1 Å². The van der Waals surface area contributed by atoms with E-state index in [0.29, 0.717) is 19.3 Å². The van der Waals surface area contributed by atoms with E-state index in [9.17, 15) is 0 Å². The Labute approximate surface area is 160 Å². The van der Waals surface area contributed by atoms with Crippen LogP contribution in [0.1, 0.15) is 32.0 Å². The van der Waals surface area contributed by atoms with Crippen molar-refractivity contribution in [2.24, 2.45) is 4.99 Å². The second-order valence-corrected chi connectivity index (χ2v) is 6.55. The summed E-state index contributed by atoms with van der Waals surface area (Å²) in [5.41, 5.74) is 0.871. The molecule has 1 fully saturated rings. The van der Waals surface area contributed by atoms with Crippen molar-refractivity contribution >= 4 is 11.6 Å². The van der Waals surface area contributed by atoms with E-state index >= 15 is 0 Å². The molecular formula is C19H30N6O2. The molecule has 3 heterocycles. The Kier molecular flexibility index (Phi) is 7.85. The van der Waals surface area contributed by atoms with Crippen LogP contribution in [-0.4, -0.2) is 66.1 Å². The molecule has 0 aromatic carbocycles. The van der Waals surface area contributed by atoms with Crippen LogP contribution in [0.3, 0.4) is 0 Å². The van der Waals surface area contributed by atoms with Gasteiger partial charge in [-0.3, -0.25) is 9.39 Å². The summed E-state index contributed by atoms with van der Waals surface area (Å²) in [6.45, 7) is 6.67. The maximum absolute atomic E-state index is 5.68. The van der Waals surface area contributed by atoms with Crippen LogP contribution in [0.15, 0.2) is 29.4 Å². The first-order valence-electron chi connectivity index (χ1n) is 9.87. The first-order valence-corrected chi connectivity index (χ1v) is 9.87. The first kappa shape index (κ1) is 19.6. The molecule has 0 bridgehead atoms. The number of ether oxygens (including phenoxy) is 2. The Bertz CT molecular complexity index is 711. The number of aliphatic imine (C=N–C) groups is 1. The molecule has 1 saturated heterocycles. The summed E-state index contributed by atoms with van der Waals surface area (Å²) in [7, 11) is 0. The van der Waals surface area contributed by atoms with Crippen molar-refractivity contribution in [2.75, 3.05) is 39.5 Å². The lowest BCUT2D eigenvalue weighted by atomic mass is 10.2. The van der Waals surface area contributed by atoms with Crippen LogP contribution in [0.25, 0.3) is 5.65 Å². The summed E-state index contributed by atoms with van der Waals surface area (Å²) < 4.78 is 13.2. The van der Waals surface area contributed by atoms with Gasteiger partial charge in [0, 0.05) is 45.5 Å². The lowest BCUT2D eigenvalue weighted by Crippen LogP contribution is -2.38. The van der Waals surface area contributed by atoms with E-state index in [1.165, 1.54) is 0 Å². The van der Waals surface area contributed by atoms with Crippen LogP contribution < -0.4 is 10.6 Å². The monoisotopic (exact) mass is 374 g/mol. The Morgan fingerprint density at radius 1 is 1.37 bits per heavy atom. The minimum atomic E-state index is 0.292. The summed E-state index contributed by atoms with van der Waals surface area (Å²) in [4.78, 5) is 4.60. The molecule has 1 aliphatic rings. The molecule has 0 radical (unpaired) electrons. The van der Waals surface area contributed by atoms with Crippen molar-refractivity contribution in [3.8, 4) is 0 Å². The molecule has 8 heteroatoms. The van der Waals surface area contributed by atoms with Gasteiger partial charge in [0.1, 0.15) is 5.82 Å². The lowest BCUT2D eigenvalue weighted by molar-refractivity contribution is 0.0171. The molecule has 2 aromatic heterocycles. The van der Waals surface area contributed by atoms with Gasteiger partial charge in [0.15, 0.2) is 11.6 Å². The van der Waals surface area contributed by atoms with Crippen LogP contribution in [0.2, 0.25) is 0 Å². The molecule has 2 N–H and O–H groups in total. The average molecular weight is 374 g/mol. The number of nitrogens with zero attached hydrogens (tertiary/aromatic N) is 4. The minimum Gasteiger partial charge on any atom is -0.379 e. The summed E-state index contributed by atoms with van der Waals surface area (Å²) in [5.74, 6) is 1.77. The minimum absolute atomic E-state index is 0.292. The number of hydrogen-bond donors (Lipinski definition) is 2. The molecule has 1 unspecified atom stereocenters. The van der Waals surface area contributed by atoms with Crippen molar-refractivity contribution in [2.45, 2.75) is 38.7 Å². The number of rotatable bonds is 10. The van der Waals surface area contributed by atoms with Gasteiger partial charge < -0.3 is 20.1 Å². The van der Waals surface area contributed by atoms with Crippen molar-refractivity contribution < 1.29 is 9.47 Å². The third kappa shape index (κ3) is 6.18. The summed E-state index contributed by atoms with van der Waals surface area (Å²) in [6, 6.07) is 5.91. The zero-order chi connectivity index (χ0) is 18.7. The molecule has 3 rings (SSSR count). The Balaban J connectivity index is 1.35. The number of hydrogen-bond acceptors (Lipinski definition) is 5. The normalized spacial score (nSPS) is 17.5. The van der Waals surface area contributed by atoms with E-state index in [-0.39, 0.29) is 0 Å². The third-order valence-electron chi connectivity index (χ3n) is 4.41. The smallest absolute Gasteiger partial charge is 0.191 e. The zero-order valence-corrected chi connectivity index (χ0v) is 16.1. The van der Waals surface area contributed by atoms with Crippen molar-refractivity contribution in [1.29, 1.82) is 0 Å². The van der Waals surface area contributed by atoms with Gasteiger partial charge in [0.25, 0.3) is 0 Å². The highest BCUT2D eigenvalue weighted by Crippen LogP contribution is 2.11. The van der Waals surface area contributed by atoms with Crippen LogP contribution in [0, 0.1) is 0 Å². The maximum Gasteiger partial charge on any atom is 0.191 e. The molecular weight excluding hydrogens is 344 g/mol. The average Bonchev–Trinajstić information content (AvgIpc) is 3.34. The van der Waals surface area contributed by atoms with Gasteiger partial charge in [-0.15, -0.1) is 10.2 Å². The molecule has 27 heavy (non-hydrogen) atoms. The fourth-order valence-corrected chi connectivity index (χ4v) is 3.04. The Morgan fingerprint density at radius 3 is 3.19 bits per heavy atom. The molecule has 148 valence electrons. The predicted octanol–water partition coefficient (Wildman–Crippen LogP) is 1.41. The van der Waals surface area contributed by atoms with Crippen molar-refractivity contribution in [3.63, 3.8) is 0 Å². The number of pyridine rings is 1. The van der Waals surface area contributed by atoms with Gasteiger partial charge in [-0.25, -0.2) is 0 Å². The SMILES string of the molecule is CCNC(=NCCCOCC1CCCO1)NCCc1nnc2ccccn12. The molecule has 0 amide bonds. The van der Waals surface area contributed by atoms with Gasteiger partial charge in [-0.2, -0.15) is 0 Å². The van der Waals surface area contributed by atoms with Crippen LogP contribution in [0.5, 0.6) is 0 Å². The van der Waals surface area contributed by atoms with Gasteiger partial charge in [-0.05, 0) is 38.3 Å². The fourth-order valence-electron chi connectivity index (χ4n) is 3.04. The molecule has 0 aliphatic carbocycles. The van der Waals surface area contributed by atoms with E-state index in [1.807, 2.05) is 28.8 Å². The predicted molar refractivity (Wildman–Crippen MR) is 105 cm³/mol. The second kappa shape index (κ2) is 10.8.